The maximum atomic E-state index is 6.47. The van der Waals surface area contributed by atoms with Crippen LogP contribution in [0.5, 0.6) is 0 Å². The van der Waals surface area contributed by atoms with E-state index in [0.717, 1.165) is 16.3 Å². The summed E-state index contributed by atoms with van der Waals surface area (Å²) in [5.41, 5.74) is -0.167. The monoisotopic (exact) mass is 513 g/mol. The first kappa shape index (κ1) is 23.2. The summed E-state index contributed by atoms with van der Waals surface area (Å²) in [5.74, 6) is 0.00696. The highest BCUT2D eigenvalue weighted by molar-refractivity contribution is 6.77. The summed E-state index contributed by atoms with van der Waals surface area (Å²) < 4.78 is 1.70. The van der Waals surface area contributed by atoms with Crippen molar-refractivity contribution in [1.82, 2.24) is 5.32 Å². The van der Waals surface area contributed by atoms with Crippen LogP contribution >= 0.6 is 69.6 Å². The molecule has 1 N–H and O–H groups in total. The molecule has 0 saturated carbocycles. The molecular weight excluding hydrogens is 499 g/mol. The molecule has 3 rings (SSSR count). The third-order valence-corrected chi connectivity index (χ3v) is 5.80. The van der Waals surface area contributed by atoms with Crippen LogP contribution in [0, 0.1) is 0 Å². The minimum atomic E-state index is -1.97. The third-order valence-electron chi connectivity index (χ3n) is 4.47. The summed E-state index contributed by atoms with van der Waals surface area (Å²) >= 11 is 37.6. The second kappa shape index (κ2) is 8.96. The van der Waals surface area contributed by atoms with Crippen LogP contribution in [0.1, 0.15) is 18.1 Å². The molecule has 0 radical (unpaired) electrons. The van der Waals surface area contributed by atoms with E-state index in [9.17, 15) is 0 Å². The summed E-state index contributed by atoms with van der Waals surface area (Å²) in [6.07, 6.45) is 1.90. The van der Waals surface area contributed by atoms with Crippen molar-refractivity contribution in [3.05, 3.63) is 47.5 Å². The van der Waals surface area contributed by atoms with E-state index in [2.05, 4.69) is 15.3 Å². The minimum Gasteiger partial charge on any atom is -0.381 e. The first-order valence-electron chi connectivity index (χ1n) is 8.73. The van der Waals surface area contributed by atoms with Gasteiger partial charge in [0.2, 0.25) is 13.2 Å². The van der Waals surface area contributed by atoms with Gasteiger partial charge >= 0.3 is 0 Å². The van der Waals surface area contributed by atoms with Crippen molar-refractivity contribution in [2.75, 3.05) is 13.2 Å². The van der Waals surface area contributed by atoms with E-state index in [4.69, 9.17) is 74.3 Å². The van der Waals surface area contributed by atoms with Crippen molar-refractivity contribution in [3.63, 3.8) is 0 Å². The lowest BCUT2D eigenvalue weighted by Crippen LogP contribution is -2.47. The molecule has 1 aliphatic rings. The predicted molar refractivity (Wildman–Crippen MR) is 125 cm³/mol. The lowest BCUT2D eigenvalue weighted by Gasteiger charge is -2.38. The smallest absolute Gasteiger partial charge is 0.247 e. The minimum absolute atomic E-state index is 0.00696. The van der Waals surface area contributed by atoms with Gasteiger partial charge in [0.25, 0.3) is 0 Å². The Balaban J connectivity index is 2.34. The number of aliphatic imine (C=N–C) groups is 2. The molecule has 4 nitrogen and oxygen atoms in total. The summed E-state index contributed by atoms with van der Waals surface area (Å²) in [6.45, 7) is 3.01. The Labute approximate surface area is 199 Å². The molecule has 0 aromatic heterocycles. The Bertz CT molecular complexity index is 951. The number of hydrogen-bond acceptors (Lipinski definition) is 4. The molecule has 0 saturated heterocycles. The molecule has 0 fully saturated rings. The molecule has 0 amide bonds. The second-order valence-corrected chi connectivity index (χ2v) is 10.9. The fraction of sp³-hybridized carbons (Fsp3) is 0.368. The zero-order valence-corrected chi connectivity index (χ0v) is 19.8. The van der Waals surface area contributed by atoms with Gasteiger partial charge in [-0.3, -0.25) is 0 Å². The van der Waals surface area contributed by atoms with E-state index in [0.29, 0.717) is 25.2 Å². The Morgan fingerprint density at radius 1 is 1.03 bits per heavy atom. The van der Waals surface area contributed by atoms with Gasteiger partial charge in [-0.15, -0.1) is 0 Å². The maximum absolute atomic E-state index is 6.47. The normalized spacial score (nSPS) is 19.9. The van der Waals surface area contributed by atoms with E-state index < -0.39 is 13.2 Å². The van der Waals surface area contributed by atoms with Crippen molar-refractivity contribution >= 4 is 92.6 Å². The van der Waals surface area contributed by atoms with Crippen LogP contribution in [0.3, 0.4) is 0 Å². The number of fused-ring (bicyclic) bond motifs is 1. The topological polar surface area (TPSA) is 46.0 Å². The Kier molecular flexibility index (Phi) is 7.17. The maximum Gasteiger partial charge on any atom is 0.247 e. The Morgan fingerprint density at radius 3 is 2.41 bits per heavy atom. The number of nitrogens with zero attached hydrogens (tertiary/aromatic N) is 2. The number of nitrogens with one attached hydrogen (secondary N) is 1. The van der Waals surface area contributed by atoms with Crippen LogP contribution in [0.25, 0.3) is 10.8 Å². The van der Waals surface area contributed by atoms with Gasteiger partial charge in [-0.05, 0) is 29.7 Å². The first-order valence-corrected chi connectivity index (χ1v) is 11.0. The molecule has 1 heterocycles. The number of halogens is 6. The van der Waals surface area contributed by atoms with Crippen LogP contribution < -0.4 is 5.32 Å². The van der Waals surface area contributed by atoms with E-state index in [-0.39, 0.29) is 5.84 Å². The van der Waals surface area contributed by atoms with Gasteiger partial charge in [-0.2, -0.15) is 0 Å². The average Bonchev–Trinajstić information content (AvgIpc) is 2.66. The molecule has 0 spiro atoms. The first-order chi connectivity index (χ1) is 13.6. The quantitative estimate of drug-likeness (QED) is 0.373. The fourth-order valence-corrected chi connectivity index (χ4v) is 4.06. The molecular formula is C19H17Cl6N3O. The lowest BCUT2D eigenvalue weighted by atomic mass is 9.88. The summed E-state index contributed by atoms with van der Waals surface area (Å²) in [5, 5.41) is 4.51. The number of amidine groups is 1. The predicted octanol–water partition coefficient (Wildman–Crippen LogP) is 6.34. The third kappa shape index (κ3) is 4.74. The van der Waals surface area contributed by atoms with Crippen LogP contribution in [0.15, 0.2) is 46.4 Å². The van der Waals surface area contributed by atoms with Crippen molar-refractivity contribution < 1.29 is 4.74 Å². The molecule has 1 unspecified atom stereocenters. The SMILES string of the molecule is CCOCCc1ccc2ccccc2c1C1(C(Cl)(Cl)Cl)N=CNC(C(Cl)(Cl)Cl)=N1. The molecule has 1 atom stereocenters. The van der Waals surface area contributed by atoms with Crippen molar-refractivity contribution in [2.24, 2.45) is 9.98 Å². The van der Waals surface area contributed by atoms with E-state index in [1.165, 1.54) is 6.34 Å². The zero-order valence-electron chi connectivity index (χ0n) is 15.2. The van der Waals surface area contributed by atoms with E-state index >= 15 is 0 Å². The lowest BCUT2D eigenvalue weighted by molar-refractivity contribution is 0.150. The van der Waals surface area contributed by atoms with Crippen LogP contribution in [-0.2, 0) is 16.8 Å². The van der Waals surface area contributed by atoms with Crippen LogP contribution in [0.2, 0.25) is 0 Å². The number of hydrogen-bond donors (Lipinski definition) is 1. The van der Waals surface area contributed by atoms with Gasteiger partial charge < -0.3 is 10.1 Å². The van der Waals surface area contributed by atoms with Crippen LogP contribution in [0.4, 0.5) is 0 Å². The summed E-state index contributed by atoms with van der Waals surface area (Å²) in [7, 11) is 0. The van der Waals surface area contributed by atoms with Crippen molar-refractivity contribution in [3.8, 4) is 0 Å². The standard InChI is InChI=1S/C19H17Cl6N3O/c1-2-29-10-9-13-8-7-12-5-3-4-6-14(12)15(13)17(19(23,24)25)27-11-26-16(28-17)18(20,21)22/h3-8,11H,2,9-10H2,1H3,(H,26,27,28). The fourth-order valence-electron chi connectivity index (χ4n) is 3.22. The van der Waals surface area contributed by atoms with E-state index in [1.807, 2.05) is 43.3 Å². The molecule has 2 aromatic carbocycles. The van der Waals surface area contributed by atoms with Gasteiger partial charge in [-0.25, -0.2) is 9.98 Å². The zero-order chi connectivity index (χ0) is 21.3. The van der Waals surface area contributed by atoms with Crippen LogP contribution in [-0.4, -0.2) is 33.0 Å². The summed E-state index contributed by atoms with van der Waals surface area (Å²) in [6, 6.07) is 11.7. The highest BCUT2D eigenvalue weighted by atomic mass is 35.6. The van der Waals surface area contributed by atoms with Gasteiger partial charge in [-0.1, -0.05) is 106 Å². The van der Waals surface area contributed by atoms with Crippen molar-refractivity contribution in [2.45, 2.75) is 26.6 Å². The van der Waals surface area contributed by atoms with Crippen molar-refractivity contribution in [1.29, 1.82) is 0 Å². The average molecular weight is 516 g/mol. The van der Waals surface area contributed by atoms with Gasteiger partial charge in [0.15, 0.2) is 5.84 Å². The van der Waals surface area contributed by atoms with E-state index in [1.54, 1.807) is 0 Å². The number of rotatable bonds is 5. The molecule has 29 heavy (non-hydrogen) atoms. The molecule has 2 aromatic rings. The molecule has 0 bridgehead atoms. The molecule has 10 heteroatoms. The number of ether oxygens (including phenoxy) is 1. The largest absolute Gasteiger partial charge is 0.381 e. The molecule has 156 valence electrons. The highest BCUT2D eigenvalue weighted by Crippen LogP contribution is 2.53. The highest BCUT2D eigenvalue weighted by Gasteiger charge is 2.54. The summed E-state index contributed by atoms with van der Waals surface area (Å²) in [4.78, 5) is 9.01. The van der Waals surface area contributed by atoms with Gasteiger partial charge in [0.1, 0.15) is 0 Å². The van der Waals surface area contributed by atoms with Gasteiger partial charge in [0.05, 0.1) is 12.9 Å². The number of benzene rings is 2. The Hall–Kier alpha value is -0.460. The molecule has 0 aliphatic carbocycles. The second-order valence-electron chi connectivity index (χ2n) is 6.30. The number of alkyl halides is 6. The molecule has 1 aliphatic heterocycles. The Morgan fingerprint density at radius 2 is 1.76 bits per heavy atom. The van der Waals surface area contributed by atoms with Gasteiger partial charge in [0, 0.05) is 12.2 Å².